The number of aryl methyl sites for hydroxylation is 2. The third-order valence-electron chi connectivity index (χ3n) is 7.49. The molecular formula is C28H26N4O4. The van der Waals surface area contributed by atoms with Gasteiger partial charge in [-0.25, -0.2) is 4.98 Å². The second kappa shape index (κ2) is 7.70. The Morgan fingerprint density at radius 3 is 2.56 bits per heavy atom. The molecule has 2 aliphatic rings. The van der Waals surface area contributed by atoms with Crippen LogP contribution < -0.4 is 4.74 Å². The van der Waals surface area contributed by atoms with Gasteiger partial charge in [0.15, 0.2) is 0 Å². The summed E-state index contributed by atoms with van der Waals surface area (Å²) in [6.45, 7) is 6.00. The molecule has 4 heterocycles. The van der Waals surface area contributed by atoms with Crippen LogP contribution in [0.5, 0.6) is 17.6 Å². The van der Waals surface area contributed by atoms with Crippen LogP contribution in [0.4, 0.5) is 0 Å². The molecule has 0 saturated carbocycles. The largest absolute Gasteiger partial charge is 0.494 e. The van der Waals surface area contributed by atoms with Gasteiger partial charge in [-0.3, -0.25) is 4.57 Å². The van der Waals surface area contributed by atoms with E-state index in [0.717, 1.165) is 22.9 Å². The van der Waals surface area contributed by atoms with Gasteiger partial charge in [0.1, 0.15) is 11.4 Å². The van der Waals surface area contributed by atoms with Gasteiger partial charge in [-0.15, -0.1) is 0 Å². The molecule has 0 spiro atoms. The minimum absolute atomic E-state index is 0.0376. The zero-order chi connectivity index (χ0) is 25.2. The highest BCUT2D eigenvalue weighted by Gasteiger charge is 2.61. The molecule has 0 radical (unpaired) electrons. The predicted molar refractivity (Wildman–Crippen MR) is 132 cm³/mol. The SMILES string of the molecule is Cc1cc(OCC[C@]23CC[C@](C)(O2)c2c3c(O)n(-c3ccc(C#N)c4ccccc34)c2O)nc(C)n1. The number of ether oxygens (including phenoxy) is 2. The lowest BCUT2D eigenvalue weighted by molar-refractivity contribution is -0.0877. The van der Waals surface area contributed by atoms with Gasteiger partial charge in [0.05, 0.1) is 40.7 Å². The van der Waals surface area contributed by atoms with Gasteiger partial charge in [-0.2, -0.15) is 10.2 Å². The first-order chi connectivity index (χ1) is 17.3. The second-order valence-corrected chi connectivity index (χ2v) is 9.84. The Morgan fingerprint density at radius 2 is 1.81 bits per heavy atom. The molecule has 6 rings (SSSR count). The van der Waals surface area contributed by atoms with Crippen molar-refractivity contribution >= 4 is 10.8 Å². The number of fused-ring (bicyclic) bond motifs is 6. The summed E-state index contributed by atoms with van der Waals surface area (Å²) in [5, 5.41) is 34.1. The van der Waals surface area contributed by atoms with Crippen LogP contribution in [0.25, 0.3) is 16.5 Å². The van der Waals surface area contributed by atoms with Crippen LogP contribution in [0, 0.1) is 25.2 Å². The van der Waals surface area contributed by atoms with E-state index in [-0.39, 0.29) is 11.8 Å². The zero-order valence-electron chi connectivity index (χ0n) is 20.4. The number of hydrogen-bond acceptors (Lipinski definition) is 7. The molecule has 0 amide bonds. The number of nitriles is 1. The molecule has 36 heavy (non-hydrogen) atoms. The lowest BCUT2D eigenvalue weighted by atomic mass is 9.78. The van der Waals surface area contributed by atoms with Crippen LogP contribution >= 0.6 is 0 Å². The third kappa shape index (κ3) is 3.09. The molecule has 1 saturated heterocycles. The molecule has 2 aromatic heterocycles. The lowest BCUT2D eigenvalue weighted by Gasteiger charge is -2.26. The molecule has 2 aliphatic heterocycles. The van der Waals surface area contributed by atoms with Crippen molar-refractivity contribution in [1.29, 1.82) is 5.26 Å². The first-order valence-electron chi connectivity index (χ1n) is 12.0. The first-order valence-corrected chi connectivity index (χ1v) is 12.0. The fraction of sp³-hybridized carbons (Fsp3) is 0.321. The van der Waals surface area contributed by atoms with Crippen molar-refractivity contribution in [2.24, 2.45) is 0 Å². The van der Waals surface area contributed by atoms with Crippen molar-refractivity contribution in [2.45, 2.75) is 51.2 Å². The number of rotatable bonds is 5. The quantitative estimate of drug-likeness (QED) is 0.410. The fourth-order valence-corrected chi connectivity index (χ4v) is 5.99. The van der Waals surface area contributed by atoms with Gasteiger partial charge in [0.25, 0.3) is 0 Å². The highest BCUT2D eigenvalue weighted by Crippen LogP contribution is 2.65. The molecule has 0 unspecified atom stereocenters. The van der Waals surface area contributed by atoms with E-state index in [9.17, 15) is 15.5 Å². The first kappa shape index (κ1) is 22.4. The van der Waals surface area contributed by atoms with Gasteiger partial charge >= 0.3 is 0 Å². The van der Waals surface area contributed by atoms with Crippen molar-refractivity contribution in [3.05, 3.63) is 70.7 Å². The van der Waals surface area contributed by atoms with Gasteiger partial charge in [-0.1, -0.05) is 24.3 Å². The molecule has 4 aromatic rings. The van der Waals surface area contributed by atoms with E-state index in [1.54, 1.807) is 18.2 Å². The maximum absolute atomic E-state index is 11.6. The van der Waals surface area contributed by atoms with Gasteiger partial charge in [0.2, 0.25) is 17.6 Å². The summed E-state index contributed by atoms with van der Waals surface area (Å²) in [5.74, 6) is 1.06. The van der Waals surface area contributed by atoms with Crippen LogP contribution in [0.2, 0.25) is 0 Å². The summed E-state index contributed by atoms with van der Waals surface area (Å²) in [6, 6.07) is 15.0. The Bertz CT molecular complexity index is 1570. The van der Waals surface area contributed by atoms with Crippen molar-refractivity contribution in [1.82, 2.24) is 14.5 Å². The molecule has 0 aliphatic carbocycles. The van der Waals surface area contributed by atoms with Crippen LogP contribution in [0.1, 0.15) is 54.4 Å². The summed E-state index contributed by atoms with van der Waals surface area (Å²) in [6.07, 6.45) is 1.91. The van der Waals surface area contributed by atoms with Crippen LogP contribution in [-0.2, 0) is 15.9 Å². The highest BCUT2D eigenvalue weighted by atomic mass is 16.5. The van der Waals surface area contributed by atoms with Gasteiger partial charge in [-0.05, 0) is 45.7 Å². The summed E-state index contributed by atoms with van der Waals surface area (Å²) >= 11 is 0. The van der Waals surface area contributed by atoms with Crippen molar-refractivity contribution < 1.29 is 19.7 Å². The van der Waals surface area contributed by atoms with Gasteiger partial charge in [0, 0.05) is 29.0 Å². The molecule has 2 bridgehead atoms. The Labute approximate surface area is 208 Å². The number of hydrogen-bond donors (Lipinski definition) is 2. The van der Waals surface area contributed by atoms with Crippen LogP contribution in [-0.4, -0.2) is 31.4 Å². The van der Waals surface area contributed by atoms with E-state index < -0.39 is 11.2 Å². The average Bonchev–Trinajstić information content (AvgIpc) is 3.42. The molecule has 8 nitrogen and oxygen atoms in total. The Hall–Kier alpha value is -4.09. The minimum Gasteiger partial charge on any atom is -0.494 e. The van der Waals surface area contributed by atoms with Crippen LogP contribution in [0.3, 0.4) is 0 Å². The number of aromatic hydroxyl groups is 2. The Balaban J connectivity index is 1.42. The van der Waals surface area contributed by atoms with Crippen molar-refractivity contribution in [3.63, 3.8) is 0 Å². The van der Waals surface area contributed by atoms with Crippen molar-refractivity contribution in [3.8, 4) is 29.4 Å². The topological polar surface area (TPSA) is 113 Å². The molecule has 2 atom stereocenters. The van der Waals surface area contributed by atoms with E-state index >= 15 is 0 Å². The van der Waals surface area contributed by atoms with Crippen LogP contribution in [0.15, 0.2) is 42.5 Å². The number of nitrogens with zero attached hydrogens (tertiary/aromatic N) is 4. The molecule has 2 N–H and O–H groups in total. The van der Waals surface area contributed by atoms with Crippen molar-refractivity contribution in [2.75, 3.05) is 6.61 Å². The minimum atomic E-state index is -0.781. The predicted octanol–water partition coefficient (Wildman–Crippen LogP) is 5.02. The number of aromatic nitrogens is 3. The summed E-state index contributed by atoms with van der Waals surface area (Å²) in [7, 11) is 0. The second-order valence-electron chi connectivity index (χ2n) is 9.84. The molecule has 8 heteroatoms. The molecule has 182 valence electrons. The lowest BCUT2D eigenvalue weighted by Crippen LogP contribution is -2.25. The van der Waals surface area contributed by atoms with E-state index in [1.165, 1.54) is 4.57 Å². The van der Waals surface area contributed by atoms with E-state index in [1.807, 2.05) is 45.0 Å². The summed E-state index contributed by atoms with van der Waals surface area (Å²) < 4.78 is 14.0. The number of benzene rings is 2. The fourth-order valence-electron chi connectivity index (χ4n) is 5.99. The normalized spacial score (nSPS) is 22.1. The highest BCUT2D eigenvalue weighted by molar-refractivity contribution is 5.95. The Morgan fingerprint density at radius 1 is 1.06 bits per heavy atom. The molecule has 2 aromatic carbocycles. The summed E-state index contributed by atoms with van der Waals surface area (Å²) in [4.78, 5) is 8.63. The Kier molecular flexibility index (Phi) is 4.79. The van der Waals surface area contributed by atoms with E-state index in [4.69, 9.17) is 9.47 Å². The standard InChI is InChI=1S/C28H26N4O4/c1-16-14-22(31-17(2)30-16)35-13-12-28-11-10-27(3,36-28)23-24(28)26(34)32(25(23)33)21-9-8-18(15-29)19-6-4-5-7-20(19)21/h4-9,14,33-34H,10-13H2,1-3H3/t27-,28-/m0/s1. The maximum atomic E-state index is 11.6. The summed E-state index contributed by atoms with van der Waals surface area (Å²) in [5.41, 5.74) is 1.71. The van der Waals surface area contributed by atoms with E-state index in [2.05, 4.69) is 16.0 Å². The monoisotopic (exact) mass is 482 g/mol. The zero-order valence-corrected chi connectivity index (χ0v) is 20.4. The average molecular weight is 483 g/mol. The molecule has 1 fully saturated rings. The molecular weight excluding hydrogens is 456 g/mol. The third-order valence-corrected chi connectivity index (χ3v) is 7.49. The smallest absolute Gasteiger partial charge is 0.216 e. The van der Waals surface area contributed by atoms with E-state index in [0.29, 0.717) is 53.5 Å². The van der Waals surface area contributed by atoms with Gasteiger partial charge < -0.3 is 19.7 Å². The maximum Gasteiger partial charge on any atom is 0.216 e.